The molecule has 0 unspecified atom stereocenters. The first-order valence-electron chi connectivity index (χ1n) is 9.79. The van der Waals surface area contributed by atoms with Gasteiger partial charge < -0.3 is 13.7 Å². The molecule has 5 nitrogen and oxygen atoms in total. The number of rotatable bonds is 4. The van der Waals surface area contributed by atoms with Gasteiger partial charge in [0.1, 0.15) is 16.9 Å². The Morgan fingerprint density at radius 1 is 0.862 bits per heavy atom. The largest absolute Gasteiger partial charge is 0.456 e. The molecule has 5 aromatic rings. The minimum atomic E-state index is -0.0616. The van der Waals surface area contributed by atoms with E-state index >= 15 is 0 Å². The van der Waals surface area contributed by atoms with Crippen LogP contribution in [0.25, 0.3) is 44.2 Å². The summed E-state index contributed by atoms with van der Waals surface area (Å²) in [5.74, 6) is 0.514. The molecule has 0 saturated carbocycles. The van der Waals surface area contributed by atoms with Gasteiger partial charge in [0.2, 0.25) is 0 Å². The van der Waals surface area contributed by atoms with Crippen molar-refractivity contribution < 1.29 is 8.83 Å². The van der Waals surface area contributed by atoms with E-state index in [1.807, 2.05) is 54.6 Å². The molecular weight excluding hydrogens is 364 g/mol. The lowest BCUT2D eigenvalue weighted by atomic mass is 10.1. The number of benzene rings is 3. The fraction of sp³-hybridized carbons (Fsp3) is 0.167. The number of hydrogen-bond donors (Lipinski definition) is 0. The van der Waals surface area contributed by atoms with Crippen LogP contribution < -0.4 is 10.3 Å². The van der Waals surface area contributed by atoms with E-state index < -0.39 is 0 Å². The minimum Gasteiger partial charge on any atom is -0.456 e. The molecule has 0 aliphatic carbocycles. The first kappa shape index (κ1) is 17.5. The summed E-state index contributed by atoms with van der Waals surface area (Å²) in [5, 5.41) is 2.64. The summed E-state index contributed by atoms with van der Waals surface area (Å²) >= 11 is 0. The second-order valence-electron chi connectivity index (χ2n) is 7.02. The summed E-state index contributed by atoms with van der Waals surface area (Å²) < 4.78 is 12.1. The van der Waals surface area contributed by atoms with E-state index in [9.17, 15) is 4.79 Å². The third kappa shape index (κ3) is 2.95. The van der Waals surface area contributed by atoms with E-state index in [1.54, 1.807) is 6.07 Å². The van der Waals surface area contributed by atoms with E-state index in [1.165, 1.54) is 0 Å². The highest BCUT2D eigenvalue weighted by Gasteiger charge is 2.14. The molecule has 0 radical (unpaired) electrons. The zero-order valence-electron chi connectivity index (χ0n) is 16.3. The molecule has 0 atom stereocenters. The van der Waals surface area contributed by atoms with Gasteiger partial charge in [-0.3, -0.25) is 4.79 Å². The van der Waals surface area contributed by atoms with Gasteiger partial charge >= 0.3 is 0 Å². The second kappa shape index (κ2) is 6.78. The summed E-state index contributed by atoms with van der Waals surface area (Å²) in [6.45, 7) is 5.78. The lowest BCUT2D eigenvalue weighted by molar-refractivity contribution is 0.575. The first-order chi connectivity index (χ1) is 14.2. The Kier molecular flexibility index (Phi) is 4.09. The molecule has 29 heavy (non-hydrogen) atoms. The maximum absolute atomic E-state index is 12.7. The van der Waals surface area contributed by atoms with E-state index in [0.29, 0.717) is 28.3 Å². The highest BCUT2D eigenvalue weighted by Crippen LogP contribution is 2.29. The minimum absolute atomic E-state index is 0.0616. The van der Waals surface area contributed by atoms with Crippen LogP contribution in [0.1, 0.15) is 13.8 Å². The van der Waals surface area contributed by atoms with Crippen LogP contribution in [0.2, 0.25) is 0 Å². The van der Waals surface area contributed by atoms with Gasteiger partial charge in [-0.2, -0.15) is 4.98 Å². The van der Waals surface area contributed by atoms with E-state index in [-0.39, 0.29) is 5.43 Å². The summed E-state index contributed by atoms with van der Waals surface area (Å²) in [4.78, 5) is 19.4. The van der Waals surface area contributed by atoms with Gasteiger partial charge in [0.15, 0.2) is 11.0 Å². The molecule has 2 aromatic heterocycles. The molecule has 0 N–H and O–H groups in total. The lowest BCUT2D eigenvalue weighted by Gasteiger charge is -2.14. The predicted octanol–water partition coefficient (Wildman–Crippen LogP) is 5.60. The van der Waals surface area contributed by atoms with Gasteiger partial charge in [-0.25, -0.2) is 0 Å². The van der Waals surface area contributed by atoms with Crippen LogP contribution in [0.3, 0.4) is 0 Å². The van der Waals surface area contributed by atoms with Crippen molar-refractivity contribution in [2.45, 2.75) is 13.8 Å². The highest BCUT2D eigenvalue weighted by atomic mass is 16.4. The van der Waals surface area contributed by atoms with E-state index in [0.717, 1.165) is 34.9 Å². The SMILES string of the molecule is CCN(CC)c1nc2ccc(-c3cc(=O)c4cc5ccccc5cc4o3)cc2o1. The number of oxazole rings is 1. The normalized spacial score (nSPS) is 11.5. The van der Waals surface area contributed by atoms with Gasteiger partial charge in [0.05, 0.1) is 5.39 Å². The molecule has 5 heteroatoms. The van der Waals surface area contributed by atoms with Crippen LogP contribution in [-0.2, 0) is 0 Å². The topological polar surface area (TPSA) is 59.5 Å². The number of fused-ring (bicyclic) bond motifs is 3. The van der Waals surface area contributed by atoms with Crippen LogP contribution in [0, 0.1) is 0 Å². The number of hydrogen-bond acceptors (Lipinski definition) is 5. The first-order valence-corrected chi connectivity index (χ1v) is 9.79. The Morgan fingerprint density at radius 2 is 1.62 bits per heavy atom. The van der Waals surface area contributed by atoms with Crippen LogP contribution in [0.5, 0.6) is 0 Å². The smallest absolute Gasteiger partial charge is 0.298 e. The van der Waals surface area contributed by atoms with Gasteiger partial charge in [-0.05, 0) is 55.0 Å². The Labute approximate surface area is 167 Å². The van der Waals surface area contributed by atoms with Crippen molar-refractivity contribution >= 4 is 38.9 Å². The third-order valence-corrected chi connectivity index (χ3v) is 5.29. The number of aromatic nitrogens is 1. The molecule has 0 bridgehead atoms. The summed E-state index contributed by atoms with van der Waals surface area (Å²) in [6.07, 6.45) is 0. The summed E-state index contributed by atoms with van der Waals surface area (Å²) in [5.41, 5.74) is 2.75. The van der Waals surface area contributed by atoms with Crippen molar-refractivity contribution in [2.24, 2.45) is 0 Å². The predicted molar refractivity (Wildman–Crippen MR) is 117 cm³/mol. The molecule has 0 aliphatic rings. The molecule has 0 aliphatic heterocycles. The Hall–Kier alpha value is -3.60. The van der Waals surface area contributed by atoms with Crippen molar-refractivity contribution in [3.05, 3.63) is 70.9 Å². The molecule has 3 aromatic carbocycles. The highest BCUT2D eigenvalue weighted by molar-refractivity contribution is 5.96. The van der Waals surface area contributed by atoms with Crippen molar-refractivity contribution in [3.63, 3.8) is 0 Å². The maximum Gasteiger partial charge on any atom is 0.298 e. The lowest BCUT2D eigenvalue weighted by Crippen LogP contribution is -2.21. The standard InChI is InChI=1S/C24H20N2O3/c1-3-26(4-2)24-25-19-10-9-17(13-23(19)29-24)21-14-20(27)18-11-15-7-5-6-8-16(15)12-22(18)28-21/h5-14H,3-4H2,1-2H3. The Morgan fingerprint density at radius 3 is 2.38 bits per heavy atom. The number of nitrogens with zero attached hydrogens (tertiary/aromatic N) is 2. The summed E-state index contributed by atoms with van der Waals surface area (Å²) in [7, 11) is 0. The quantitative estimate of drug-likeness (QED) is 0.377. The van der Waals surface area contributed by atoms with Crippen LogP contribution in [0.4, 0.5) is 6.01 Å². The Balaban J connectivity index is 1.65. The van der Waals surface area contributed by atoms with Gasteiger partial charge in [0, 0.05) is 24.7 Å². The monoisotopic (exact) mass is 384 g/mol. The van der Waals surface area contributed by atoms with Crippen LogP contribution in [-0.4, -0.2) is 18.1 Å². The van der Waals surface area contributed by atoms with Gasteiger partial charge in [-0.15, -0.1) is 0 Å². The average molecular weight is 384 g/mol. The second-order valence-corrected chi connectivity index (χ2v) is 7.02. The fourth-order valence-electron chi connectivity index (χ4n) is 3.68. The van der Waals surface area contributed by atoms with Crippen LogP contribution in [0.15, 0.2) is 74.3 Å². The molecule has 0 spiro atoms. The van der Waals surface area contributed by atoms with E-state index in [2.05, 4.69) is 23.7 Å². The zero-order valence-corrected chi connectivity index (χ0v) is 16.3. The van der Waals surface area contributed by atoms with Crippen molar-refractivity contribution in [1.82, 2.24) is 4.98 Å². The molecular formula is C24H20N2O3. The van der Waals surface area contributed by atoms with Gasteiger partial charge in [-0.1, -0.05) is 24.3 Å². The molecule has 0 saturated heterocycles. The zero-order chi connectivity index (χ0) is 20.0. The van der Waals surface area contributed by atoms with Crippen molar-refractivity contribution in [2.75, 3.05) is 18.0 Å². The molecule has 144 valence electrons. The molecule has 0 amide bonds. The molecule has 2 heterocycles. The molecule has 0 fully saturated rings. The third-order valence-electron chi connectivity index (χ3n) is 5.29. The van der Waals surface area contributed by atoms with Gasteiger partial charge in [0.25, 0.3) is 6.01 Å². The fourth-order valence-corrected chi connectivity index (χ4v) is 3.68. The Bertz CT molecular complexity index is 1410. The maximum atomic E-state index is 12.7. The number of anilines is 1. The van der Waals surface area contributed by atoms with Crippen molar-refractivity contribution in [3.8, 4) is 11.3 Å². The van der Waals surface area contributed by atoms with Crippen molar-refractivity contribution in [1.29, 1.82) is 0 Å². The van der Waals surface area contributed by atoms with E-state index in [4.69, 9.17) is 8.83 Å². The average Bonchev–Trinajstić information content (AvgIpc) is 3.16. The summed E-state index contributed by atoms with van der Waals surface area (Å²) in [6, 6.07) is 19.6. The van der Waals surface area contributed by atoms with Crippen LogP contribution >= 0.6 is 0 Å². The molecule has 5 rings (SSSR count).